The van der Waals surface area contributed by atoms with Crippen molar-refractivity contribution in [3.05, 3.63) is 52.3 Å². The number of H-pyrrole nitrogens is 1. The fourth-order valence-electron chi connectivity index (χ4n) is 3.67. The number of alkyl halides is 2. The van der Waals surface area contributed by atoms with E-state index >= 15 is 0 Å². The normalized spacial score (nSPS) is 18.2. The standard InChI is InChI=1S/C21H21F2N3O6/c1-10-15(17(28)31-4)11(2)24-16(10)14(27)9-26-18(29)21(3,25-20(26)30)12-5-7-13(8-6-12)32-19(22)23/h5-8,19,24H,9H2,1-4H3,(H,25,30)/t21-/m1/s1. The van der Waals surface area contributed by atoms with Crippen LogP contribution in [0.3, 0.4) is 0 Å². The van der Waals surface area contributed by atoms with Gasteiger partial charge in [-0.1, -0.05) is 12.1 Å². The second-order valence-electron chi connectivity index (χ2n) is 7.39. The van der Waals surface area contributed by atoms with Crippen LogP contribution in [0.25, 0.3) is 0 Å². The molecule has 9 nitrogen and oxygen atoms in total. The summed E-state index contributed by atoms with van der Waals surface area (Å²) in [6.45, 7) is 1.05. The molecule has 2 heterocycles. The number of aryl methyl sites for hydroxylation is 1. The number of hydrogen-bond donors (Lipinski definition) is 2. The molecule has 1 saturated heterocycles. The summed E-state index contributed by atoms with van der Waals surface area (Å²) in [7, 11) is 1.22. The molecular formula is C21H21F2N3O6. The largest absolute Gasteiger partial charge is 0.465 e. The van der Waals surface area contributed by atoms with Gasteiger partial charge in [0.1, 0.15) is 11.3 Å². The van der Waals surface area contributed by atoms with Crippen LogP contribution in [-0.4, -0.2) is 53.8 Å². The van der Waals surface area contributed by atoms with Crippen LogP contribution in [-0.2, 0) is 15.1 Å². The van der Waals surface area contributed by atoms with Crippen molar-refractivity contribution in [2.45, 2.75) is 32.9 Å². The van der Waals surface area contributed by atoms with E-state index in [-0.39, 0.29) is 17.0 Å². The number of benzene rings is 1. The Kier molecular flexibility index (Phi) is 6.02. The molecule has 0 saturated carbocycles. The molecule has 1 fully saturated rings. The van der Waals surface area contributed by atoms with Gasteiger partial charge in [0.05, 0.1) is 24.9 Å². The fourth-order valence-corrected chi connectivity index (χ4v) is 3.67. The van der Waals surface area contributed by atoms with Gasteiger partial charge in [0, 0.05) is 5.69 Å². The Hall–Kier alpha value is -3.76. The Morgan fingerprint density at radius 2 is 1.78 bits per heavy atom. The molecule has 0 radical (unpaired) electrons. The molecule has 0 bridgehead atoms. The zero-order valence-electron chi connectivity index (χ0n) is 17.7. The maximum atomic E-state index is 13.0. The Morgan fingerprint density at radius 1 is 1.16 bits per heavy atom. The van der Waals surface area contributed by atoms with E-state index in [1.165, 1.54) is 38.3 Å². The molecule has 0 unspecified atom stereocenters. The number of halogens is 2. The molecule has 32 heavy (non-hydrogen) atoms. The minimum Gasteiger partial charge on any atom is -0.465 e. The number of urea groups is 1. The zero-order chi connectivity index (χ0) is 23.8. The van der Waals surface area contributed by atoms with Crippen LogP contribution in [0.2, 0.25) is 0 Å². The Balaban J connectivity index is 1.82. The van der Waals surface area contributed by atoms with Gasteiger partial charge in [0.2, 0.25) is 0 Å². The van der Waals surface area contributed by atoms with Gasteiger partial charge in [0.25, 0.3) is 5.91 Å². The predicted octanol–water partition coefficient (Wildman–Crippen LogP) is 2.67. The third-order valence-corrected chi connectivity index (χ3v) is 5.34. The topological polar surface area (TPSA) is 118 Å². The quantitative estimate of drug-likeness (QED) is 0.381. The first-order chi connectivity index (χ1) is 15.0. The van der Waals surface area contributed by atoms with Crippen molar-refractivity contribution in [2.24, 2.45) is 0 Å². The van der Waals surface area contributed by atoms with Gasteiger partial charge in [-0.05, 0) is 44.0 Å². The SMILES string of the molecule is COC(=O)c1c(C)[nH]c(C(=O)CN2C(=O)N[C@](C)(c3ccc(OC(F)F)cc3)C2=O)c1C. The van der Waals surface area contributed by atoms with Gasteiger partial charge in [-0.25, -0.2) is 9.59 Å². The van der Waals surface area contributed by atoms with Gasteiger partial charge in [-0.2, -0.15) is 8.78 Å². The number of nitrogens with zero attached hydrogens (tertiary/aromatic N) is 1. The van der Waals surface area contributed by atoms with E-state index in [2.05, 4.69) is 15.0 Å². The lowest BCUT2D eigenvalue weighted by molar-refractivity contribution is -0.130. The van der Waals surface area contributed by atoms with Crippen LogP contribution in [0.15, 0.2) is 24.3 Å². The first-order valence-corrected chi connectivity index (χ1v) is 9.49. The molecule has 1 aliphatic rings. The van der Waals surface area contributed by atoms with Crippen LogP contribution in [0, 0.1) is 13.8 Å². The highest BCUT2D eigenvalue weighted by molar-refractivity contribution is 6.11. The lowest BCUT2D eigenvalue weighted by Crippen LogP contribution is -2.41. The number of esters is 1. The molecule has 0 aliphatic carbocycles. The van der Waals surface area contributed by atoms with Crippen molar-refractivity contribution in [1.82, 2.24) is 15.2 Å². The van der Waals surface area contributed by atoms with E-state index in [0.717, 1.165) is 4.90 Å². The van der Waals surface area contributed by atoms with E-state index in [9.17, 15) is 28.0 Å². The lowest BCUT2D eigenvalue weighted by Gasteiger charge is -2.22. The number of carbonyl (C=O) groups excluding carboxylic acids is 4. The molecular weight excluding hydrogens is 428 g/mol. The summed E-state index contributed by atoms with van der Waals surface area (Å²) in [5.74, 6) is -1.98. The molecule has 170 valence electrons. The predicted molar refractivity (Wildman–Crippen MR) is 107 cm³/mol. The average molecular weight is 449 g/mol. The lowest BCUT2D eigenvalue weighted by atomic mass is 9.92. The number of ether oxygens (including phenoxy) is 2. The van der Waals surface area contributed by atoms with E-state index in [0.29, 0.717) is 16.8 Å². The summed E-state index contributed by atoms with van der Waals surface area (Å²) in [6.07, 6.45) is 0. The number of aromatic nitrogens is 1. The first kappa shape index (κ1) is 22.9. The molecule has 1 aromatic heterocycles. The van der Waals surface area contributed by atoms with E-state index in [1.54, 1.807) is 13.8 Å². The molecule has 3 rings (SSSR count). The summed E-state index contributed by atoms with van der Waals surface area (Å²) in [4.78, 5) is 53.9. The van der Waals surface area contributed by atoms with Crippen molar-refractivity contribution < 1.29 is 37.4 Å². The summed E-state index contributed by atoms with van der Waals surface area (Å²) in [5.41, 5.74) is -0.102. The van der Waals surface area contributed by atoms with Crippen molar-refractivity contribution in [3.63, 3.8) is 0 Å². The third kappa shape index (κ3) is 3.93. The maximum absolute atomic E-state index is 13.0. The van der Waals surface area contributed by atoms with Crippen LogP contribution in [0.1, 0.15) is 44.6 Å². The van der Waals surface area contributed by atoms with Crippen LogP contribution in [0.4, 0.5) is 13.6 Å². The van der Waals surface area contributed by atoms with Gasteiger partial charge >= 0.3 is 18.6 Å². The minimum absolute atomic E-state index is 0.0885. The summed E-state index contributed by atoms with van der Waals surface area (Å²) in [6, 6.07) is 4.47. The molecule has 3 amide bonds. The number of aromatic amines is 1. The number of carbonyl (C=O) groups is 4. The molecule has 2 N–H and O–H groups in total. The van der Waals surface area contributed by atoms with Gasteiger partial charge < -0.3 is 19.8 Å². The van der Waals surface area contributed by atoms with Crippen molar-refractivity contribution in [1.29, 1.82) is 0 Å². The molecule has 2 aromatic rings. The smallest absolute Gasteiger partial charge is 0.387 e. The molecule has 1 aliphatic heterocycles. The fraction of sp³-hybridized carbons (Fsp3) is 0.333. The molecule has 1 atom stereocenters. The number of Topliss-reactive ketones (excluding diaryl/α,β-unsaturated/α-hetero) is 1. The minimum atomic E-state index is -2.99. The highest BCUT2D eigenvalue weighted by Crippen LogP contribution is 2.31. The first-order valence-electron chi connectivity index (χ1n) is 9.49. The number of methoxy groups -OCH3 is 1. The van der Waals surface area contributed by atoms with E-state index < -0.39 is 42.4 Å². The molecule has 0 spiro atoms. The molecule has 1 aromatic carbocycles. The monoisotopic (exact) mass is 449 g/mol. The van der Waals surface area contributed by atoms with Gasteiger partial charge in [-0.3, -0.25) is 14.5 Å². The zero-order valence-corrected chi connectivity index (χ0v) is 17.7. The Morgan fingerprint density at radius 3 is 2.34 bits per heavy atom. The molecule has 11 heteroatoms. The van der Waals surface area contributed by atoms with Crippen molar-refractivity contribution in [2.75, 3.05) is 13.7 Å². The van der Waals surface area contributed by atoms with E-state index in [4.69, 9.17) is 4.74 Å². The van der Waals surface area contributed by atoms with Crippen LogP contribution >= 0.6 is 0 Å². The summed E-state index contributed by atoms with van der Waals surface area (Å²) < 4.78 is 33.7. The Labute approximate surface area is 181 Å². The number of amides is 3. The number of hydrogen-bond acceptors (Lipinski definition) is 6. The maximum Gasteiger partial charge on any atom is 0.387 e. The van der Waals surface area contributed by atoms with Crippen LogP contribution in [0.5, 0.6) is 5.75 Å². The number of nitrogens with one attached hydrogen (secondary N) is 2. The third-order valence-electron chi connectivity index (χ3n) is 5.34. The second kappa shape index (κ2) is 8.40. The van der Waals surface area contributed by atoms with Crippen LogP contribution < -0.4 is 10.1 Å². The number of imide groups is 1. The van der Waals surface area contributed by atoms with Gasteiger partial charge in [-0.15, -0.1) is 0 Å². The highest BCUT2D eigenvalue weighted by Gasteiger charge is 2.49. The second-order valence-corrected chi connectivity index (χ2v) is 7.39. The number of rotatable bonds is 7. The van der Waals surface area contributed by atoms with Crippen molar-refractivity contribution >= 4 is 23.7 Å². The van der Waals surface area contributed by atoms with Gasteiger partial charge in [0.15, 0.2) is 5.78 Å². The average Bonchev–Trinajstić information content (AvgIpc) is 3.15. The summed E-state index contributed by atoms with van der Waals surface area (Å²) >= 11 is 0. The van der Waals surface area contributed by atoms with Crippen molar-refractivity contribution in [3.8, 4) is 5.75 Å². The Bertz CT molecular complexity index is 1100. The highest BCUT2D eigenvalue weighted by atomic mass is 19.3. The number of ketones is 1. The summed E-state index contributed by atoms with van der Waals surface area (Å²) in [5, 5.41) is 2.53. The van der Waals surface area contributed by atoms with E-state index in [1.807, 2.05) is 0 Å².